The van der Waals surface area contributed by atoms with Gasteiger partial charge in [-0.25, -0.2) is 9.59 Å². The van der Waals surface area contributed by atoms with Gasteiger partial charge in [0.2, 0.25) is 17.8 Å². The molecule has 1 heterocycles. The Morgan fingerprint density at radius 3 is 1.00 bits per heavy atom. The molecule has 17 heavy (non-hydrogen) atoms. The summed E-state index contributed by atoms with van der Waals surface area (Å²) < 4.78 is 0. The van der Waals surface area contributed by atoms with Crippen LogP contribution in [0.2, 0.25) is 0 Å². The lowest BCUT2D eigenvalue weighted by Gasteiger charge is -1.93. The topological polar surface area (TPSA) is 243 Å². The van der Waals surface area contributed by atoms with Crippen LogP contribution in [0.5, 0.6) is 0 Å². The van der Waals surface area contributed by atoms with Gasteiger partial charge in [0.25, 0.3) is 0 Å². The molecule has 0 fully saturated rings. The summed E-state index contributed by atoms with van der Waals surface area (Å²) in [7, 11) is 0. The van der Waals surface area contributed by atoms with E-state index in [9.17, 15) is 0 Å². The number of aromatic nitrogens is 3. The number of primary amides is 2. The van der Waals surface area contributed by atoms with E-state index in [1.807, 2.05) is 0 Å². The van der Waals surface area contributed by atoms with Gasteiger partial charge in [0, 0.05) is 0 Å². The van der Waals surface area contributed by atoms with E-state index >= 15 is 0 Å². The third kappa shape index (κ3) is 19.4. The zero-order valence-electron chi connectivity index (χ0n) is 8.44. The largest absolute Gasteiger partial charge is 0.465 e. The van der Waals surface area contributed by atoms with Crippen molar-refractivity contribution in [1.82, 2.24) is 15.0 Å². The molecule has 2 amide bonds. The lowest BCUT2D eigenvalue weighted by atomic mass is 10.9. The Hall–Kier alpha value is -3.05. The minimum absolute atomic E-state index is 0.0417. The first kappa shape index (κ1) is 16.4. The van der Waals surface area contributed by atoms with Crippen LogP contribution in [0.4, 0.5) is 27.4 Å². The summed E-state index contributed by atoms with van der Waals surface area (Å²) in [5.74, 6) is 0.125. The van der Waals surface area contributed by atoms with Crippen LogP contribution in [0.1, 0.15) is 0 Å². The summed E-state index contributed by atoms with van der Waals surface area (Å²) in [4.78, 5) is 28.0. The fourth-order valence-corrected chi connectivity index (χ4v) is 0.427. The first-order valence-corrected chi connectivity index (χ1v) is 3.64. The monoisotopic (exact) mass is 248 g/mol. The number of hydrogen-bond donors (Lipinski definition) is 7. The quantitative estimate of drug-likeness (QED) is 0.262. The lowest BCUT2D eigenvalue weighted by Crippen LogP contribution is -2.05. The summed E-state index contributed by atoms with van der Waals surface area (Å²) in [6, 6.07) is 0. The molecule has 96 valence electrons. The predicted molar refractivity (Wildman–Crippen MR) is 57.5 cm³/mol. The minimum atomic E-state index is -1.33. The molecule has 0 atom stereocenters. The number of carbonyl (C=O) groups is 2. The molecular formula is C5H12N8O4. The van der Waals surface area contributed by atoms with Gasteiger partial charge in [-0.15, -0.1) is 0 Å². The number of rotatable bonds is 0. The van der Waals surface area contributed by atoms with E-state index in [-0.39, 0.29) is 17.8 Å². The average Bonchev–Trinajstić information content (AvgIpc) is 1.96. The molecule has 0 aliphatic carbocycles. The Morgan fingerprint density at radius 1 is 0.765 bits per heavy atom. The highest BCUT2D eigenvalue weighted by Crippen LogP contribution is 1.97. The highest BCUT2D eigenvalue weighted by molar-refractivity contribution is 5.61. The second-order valence-electron chi connectivity index (χ2n) is 2.09. The molecule has 12 heteroatoms. The van der Waals surface area contributed by atoms with Crippen molar-refractivity contribution in [1.29, 1.82) is 0 Å². The molecule has 1 rings (SSSR count). The molecule has 1 aromatic heterocycles. The Morgan fingerprint density at radius 2 is 0.882 bits per heavy atom. The molecule has 0 unspecified atom stereocenters. The molecule has 0 radical (unpaired) electrons. The van der Waals surface area contributed by atoms with Gasteiger partial charge in [-0.2, -0.15) is 15.0 Å². The smallest absolute Gasteiger partial charge is 0.402 e. The fraction of sp³-hybridized carbons (Fsp3) is 0. The summed E-state index contributed by atoms with van der Waals surface area (Å²) >= 11 is 0. The average molecular weight is 248 g/mol. The second kappa shape index (κ2) is 8.27. The molecule has 0 saturated heterocycles. The van der Waals surface area contributed by atoms with Gasteiger partial charge in [0.15, 0.2) is 0 Å². The summed E-state index contributed by atoms with van der Waals surface area (Å²) in [5, 5.41) is 14.4. The highest BCUT2D eigenvalue weighted by atomic mass is 16.4. The number of carboxylic acid groups (broad SMARTS) is 2. The van der Waals surface area contributed by atoms with Gasteiger partial charge in [-0.1, -0.05) is 0 Å². The van der Waals surface area contributed by atoms with Crippen LogP contribution in [-0.2, 0) is 0 Å². The maximum atomic E-state index is 8.78. The maximum Gasteiger partial charge on any atom is 0.402 e. The third-order valence-corrected chi connectivity index (χ3v) is 0.687. The Labute approximate surface area is 94.4 Å². The molecule has 0 saturated carbocycles. The van der Waals surface area contributed by atoms with Gasteiger partial charge in [-0.05, 0) is 0 Å². The first-order chi connectivity index (χ1) is 7.65. The van der Waals surface area contributed by atoms with Crippen molar-refractivity contribution in [2.45, 2.75) is 0 Å². The SMILES string of the molecule is NC(=O)O.NC(=O)O.Nc1nc(N)nc(N)n1. The van der Waals surface area contributed by atoms with Crippen LogP contribution in [0, 0.1) is 0 Å². The van der Waals surface area contributed by atoms with Crippen LogP contribution < -0.4 is 28.7 Å². The molecule has 0 bridgehead atoms. The molecule has 12 nitrogen and oxygen atoms in total. The van der Waals surface area contributed by atoms with Crippen molar-refractivity contribution in [2.75, 3.05) is 17.2 Å². The van der Waals surface area contributed by atoms with E-state index in [4.69, 9.17) is 37.0 Å². The minimum Gasteiger partial charge on any atom is -0.465 e. The Kier molecular flexibility index (Phi) is 7.97. The number of amides is 2. The fourth-order valence-electron chi connectivity index (χ4n) is 0.427. The molecular weight excluding hydrogens is 236 g/mol. The lowest BCUT2D eigenvalue weighted by molar-refractivity contribution is 0.204. The summed E-state index contributed by atoms with van der Waals surface area (Å²) in [6.07, 6.45) is -2.67. The Balaban J connectivity index is 0. The number of nitrogen functional groups attached to an aromatic ring is 3. The standard InChI is InChI=1S/C3H6N6.2CH3NO2/c4-1-7-2(5)9-3(6)8-1;2*2-1(3)4/h(H6,4,5,6,7,8,9);2*2H2,(H,3,4). The van der Waals surface area contributed by atoms with E-state index in [0.717, 1.165) is 0 Å². The van der Waals surface area contributed by atoms with Crippen molar-refractivity contribution in [3.05, 3.63) is 0 Å². The predicted octanol–water partition coefficient (Wildman–Crippen LogP) is -2.14. The van der Waals surface area contributed by atoms with Crippen LogP contribution in [0.3, 0.4) is 0 Å². The number of nitrogens with zero attached hydrogens (tertiary/aromatic N) is 3. The molecule has 0 aliphatic heterocycles. The van der Waals surface area contributed by atoms with Crippen LogP contribution in [0.15, 0.2) is 0 Å². The van der Waals surface area contributed by atoms with E-state index in [1.165, 1.54) is 0 Å². The van der Waals surface area contributed by atoms with Gasteiger partial charge in [-0.3, -0.25) is 0 Å². The summed E-state index contributed by atoms with van der Waals surface area (Å²) in [5.41, 5.74) is 23.5. The van der Waals surface area contributed by atoms with Gasteiger partial charge >= 0.3 is 12.2 Å². The zero-order valence-corrected chi connectivity index (χ0v) is 8.44. The number of hydrogen-bond acceptors (Lipinski definition) is 8. The molecule has 1 aromatic rings. The van der Waals surface area contributed by atoms with Crippen molar-refractivity contribution < 1.29 is 19.8 Å². The number of nitrogens with two attached hydrogens (primary N) is 5. The van der Waals surface area contributed by atoms with Crippen LogP contribution in [0.25, 0.3) is 0 Å². The van der Waals surface area contributed by atoms with Crippen molar-refractivity contribution in [3.63, 3.8) is 0 Å². The van der Waals surface area contributed by atoms with Gasteiger partial charge in [0.1, 0.15) is 0 Å². The summed E-state index contributed by atoms with van der Waals surface area (Å²) in [6.45, 7) is 0. The van der Waals surface area contributed by atoms with Gasteiger partial charge in [0.05, 0.1) is 0 Å². The van der Waals surface area contributed by atoms with Crippen molar-refractivity contribution >= 4 is 30.0 Å². The van der Waals surface area contributed by atoms with E-state index in [1.54, 1.807) is 0 Å². The van der Waals surface area contributed by atoms with Crippen LogP contribution >= 0.6 is 0 Å². The molecule has 0 spiro atoms. The second-order valence-corrected chi connectivity index (χ2v) is 2.09. The number of anilines is 3. The van der Waals surface area contributed by atoms with E-state index < -0.39 is 12.2 Å². The third-order valence-electron chi connectivity index (χ3n) is 0.687. The Bertz CT molecular complexity index is 312. The van der Waals surface area contributed by atoms with Crippen molar-refractivity contribution in [2.24, 2.45) is 11.5 Å². The van der Waals surface area contributed by atoms with E-state index in [0.29, 0.717) is 0 Å². The normalized spacial score (nSPS) is 7.76. The zero-order chi connectivity index (χ0) is 14.0. The highest BCUT2D eigenvalue weighted by Gasteiger charge is 1.93. The van der Waals surface area contributed by atoms with Crippen LogP contribution in [-0.4, -0.2) is 37.4 Å². The molecule has 12 N–H and O–H groups in total. The molecule has 0 aliphatic rings. The van der Waals surface area contributed by atoms with Crippen molar-refractivity contribution in [3.8, 4) is 0 Å². The van der Waals surface area contributed by atoms with Gasteiger partial charge < -0.3 is 38.9 Å². The first-order valence-electron chi connectivity index (χ1n) is 3.64. The molecule has 0 aromatic carbocycles. The van der Waals surface area contributed by atoms with E-state index in [2.05, 4.69) is 26.4 Å². The maximum absolute atomic E-state index is 8.78.